The first-order valence-corrected chi connectivity index (χ1v) is 10.1. The number of nitrogens with zero attached hydrogens (tertiary/aromatic N) is 2. The van der Waals surface area contributed by atoms with Crippen LogP contribution < -0.4 is 9.64 Å². The number of likely N-dealkylation sites (N-methyl/N-ethyl adjacent to an activating group) is 1. The molecular formula is C25H28N2O2. The molecule has 0 aromatic heterocycles. The first-order chi connectivity index (χ1) is 14.1. The fourth-order valence-electron chi connectivity index (χ4n) is 4.10. The molecule has 0 saturated heterocycles. The van der Waals surface area contributed by atoms with E-state index in [0.717, 1.165) is 46.9 Å². The second kappa shape index (κ2) is 7.90. The SMILES string of the molecule is CCN1c2ccccc2C(O)(c2ccccc2)c2ccc(OCCN(C)C)cc21. The number of hydrogen-bond donors (Lipinski definition) is 1. The van der Waals surface area contributed by atoms with Gasteiger partial charge in [0.05, 0.1) is 5.69 Å². The van der Waals surface area contributed by atoms with Crippen LogP contribution in [0.3, 0.4) is 0 Å². The van der Waals surface area contributed by atoms with E-state index < -0.39 is 5.60 Å². The molecule has 4 heteroatoms. The van der Waals surface area contributed by atoms with E-state index in [2.05, 4.69) is 28.9 Å². The quantitative estimate of drug-likeness (QED) is 0.680. The Balaban J connectivity index is 1.86. The minimum atomic E-state index is -1.21. The van der Waals surface area contributed by atoms with Crippen molar-refractivity contribution in [3.05, 3.63) is 89.5 Å². The van der Waals surface area contributed by atoms with Gasteiger partial charge in [0, 0.05) is 36.0 Å². The summed E-state index contributed by atoms with van der Waals surface area (Å²) in [7, 11) is 4.07. The lowest BCUT2D eigenvalue weighted by Crippen LogP contribution is -2.37. The molecule has 1 atom stereocenters. The predicted molar refractivity (Wildman–Crippen MR) is 118 cm³/mol. The van der Waals surface area contributed by atoms with Gasteiger partial charge in [0.1, 0.15) is 18.0 Å². The van der Waals surface area contributed by atoms with Gasteiger partial charge in [-0.1, -0.05) is 48.5 Å². The minimum Gasteiger partial charge on any atom is -0.492 e. The fraction of sp³-hybridized carbons (Fsp3) is 0.280. The predicted octanol–water partition coefficient (Wildman–Crippen LogP) is 4.38. The van der Waals surface area contributed by atoms with Gasteiger partial charge in [0.2, 0.25) is 0 Å². The summed E-state index contributed by atoms with van der Waals surface area (Å²) in [6, 6.07) is 24.0. The Morgan fingerprint density at radius 2 is 1.59 bits per heavy atom. The molecule has 0 spiro atoms. The van der Waals surface area contributed by atoms with Crippen LogP contribution in [0.1, 0.15) is 23.6 Å². The molecule has 3 aromatic carbocycles. The number of fused-ring (bicyclic) bond motifs is 2. The Morgan fingerprint density at radius 1 is 0.897 bits per heavy atom. The molecule has 1 unspecified atom stereocenters. The number of para-hydroxylation sites is 1. The van der Waals surface area contributed by atoms with E-state index in [-0.39, 0.29) is 0 Å². The van der Waals surface area contributed by atoms with E-state index in [9.17, 15) is 5.11 Å². The number of rotatable bonds is 6. The second-order valence-corrected chi connectivity index (χ2v) is 7.67. The van der Waals surface area contributed by atoms with Crippen molar-refractivity contribution in [1.29, 1.82) is 0 Å². The average molecular weight is 389 g/mol. The zero-order valence-electron chi connectivity index (χ0n) is 17.3. The molecule has 0 amide bonds. The van der Waals surface area contributed by atoms with Crippen LogP contribution >= 0.6 is 0 Å². The molecule has 0 fully saturated rings. The summed E-state index contributed by atoms with van der Waals surface area (Å²) in [5.41, 5.74) is 3.46. The topological polar surface area (TPSA) is 35.9 Å². The van der Waals surface area contributed by atoms with Crippen molar-refractivity contribution in [2.45, 2.75) is 12.5 Å². The van der Waals surface area contributed by atoms with Crippen LogP contribution in [0.15, 0.2) is 72.8 Å². The maximum atomic E-state index is 12.1. The number of aliphatic hydroxyl groups is 1. The largest absolute Gasteiger partial charge is 0.492 e. The van der Waals surface area contributed by atoms with Crippen molar-refractivity contribution < 1.29 is 9.84 Å². The third kappa shape index (κ3) is 3.39. The zero-order chi connectivity index (χ0) is 20.4. The summed E-state index contributed by atoms with van der Waals surface area (Å²) in [4.78, 5) is 4.35. The standard InChI is InChI=1S/C25H28N2O2/c1-4-27-23-13-9-8-12-21(23)25(28,19-10-6-5-7-11-19)22-15-14-20(18-24(22)27)29-17-16-26(2)3/h5-15,18,28H,4,16-17H2,1-3H3. The van der Waals surface area contributed by atoms with Crippen molar-refractivity contribution in [3.8, 4) is 5.75 Å². The van der Waals surface area contributed by atoms with Crippen LogP contribution in [0.25, 0.3) is 0 Å². The lowest BCUT2D eigenvalue weighted by molar-refractivity contribution is 0.124. The molecule has 0 aliphatic carbocycles. The molecule has 0 radical (unpaired) electrons. The van der Waals surface area contributed by atoms with Crippen LogP contribution in [0.4, 0.5) is 11.4 Å². The van der Waals surface area contributed by atoms with Gasteiger partial charge < -0.3 is 19.6 Å². The van der Waals surface area contributed by atoms with E-state index in [0.29, 0.717) is 6.61 Å². The van der Waals surface area contributed by atoms with Gasteiger partial charge in [-0.2, -0.15) is 0 Å². The fourth-order valence-corrected chi connectivity index (χ4v) is 4.10. The molecule has 3 aromatic rings. The average Bonchev–Trinajstić information content (AvgIpc) is 2.74. The smallest absolute Gasteiger partial charge is 0.144 e. The van der Waals surface area contributed by atoms with Gasteiger partial charge in [-0.3, -0.25) is 0 Å². The van der Waals surface area contributed by atoms with Gasteiger partial charge in [-0.05, 0) is 44.8 Å². The molecule has 4 rings (SSSR count). The van der Waals surface area contributed by atoms with Gasteiger partial charge in [0.25, 0.3) is 0 Å². The highest BCUT2D eigenvalue weighted by atomic mass is 16.5. The van der Waals surface area contributed by atoms with Crippen LogP contribution in [0, 0.1) is 0 Å². The summed E-state index contributed by atoms with van der Waals surface area (Å²) in [5.74, 6) is 0.818. The summed E-state index contributed by atoms with van der Waals surface area (Å²) in [6.45, 7) is 4.41. The van der Waals surface area contributed by atoms with E-state index in [1.807, 2.05) is 74.8 Å². The Labute approximate surface area is 173 Å². The summed E-state index contributed by atoms with van der Waals surface area (Å²) in [5, 5.41) is 12.1. The molecule has 0 saturated carbocycles. The van der Waals surface area contributed by atoms with Crippen LogP contribution in [-0.4, -0.2) is 43.8 Å². The van der Waals surface area contributed by atoms with Crippen LogP contribution in [0.2, 0.25) is 0 Å². The number of hydrogen-bond acceptors (Lipinski definition) is 4. The summed E-state index contributed by atoms with van der Waals surface area (Å²) in [6.07, 6.45) is 0. The van der Waals surface area contributed by atoms with Crippen molar-refractivity contribution in [3.63, 3.8) is 0 Å². The van der Waals surface area contributed by atoms with Gasteiger partial charge in [-0.15, -0.1) is 0 Å². The normalized spacial score (nSPS) is 17.8. The third-order valence-corrected chi connectivity index (χ3v) is 5.55. The first-order valence-electron chi connectivity index (χ1n) is 10.1. The molecule has 29 heavy (non-hydrogen) atoms. The number of benzene rings is 3. The highest BCUT2D eigenvalue weighted by molar-refractivity contribution is 5.80. The highest BCUT2D eigenvalue weighted by Gasteiger charge is 2.42. The molecule has 150 valence electrons. The lowest BCUT2D eigenvalue weighted by Gasteiger charge is -2.42. The van der Waals surface area contributed by atoms with Crippen molar-refractivity contribution in [2.24, 2.45) is 0 Å². The molecule has 1 N–H and O–H groups in total. The number of anilines is 2. The molecule has 4 nitrogen and oxygen atoms in total. The lowest BCUT2D eigenvalue weighted by atomic mass is 9.76. The van der Waals surface area contributed by atoms with Crippen LogP contribution in [0.5, 0.6) is 5.75 Å². The summed E-state index contributed by atoms with van der Waals surface area (Å²) < 4.78 is 5.99. The van der Waals surface area contributed by atoms with Gasteiger partial charge in [0.15, 0.2) is 0 Å². The van der Waals surface area contributed by atoms with Gasteiger partial charge in [-0.25, -0.2) is 0 Å². The highest BCUT2D eigenvalue weighted by Crippen LogP contribution is 2.51. The van der Waals surface area contributed by atoms with E-state index >= 15 is 0 Å². The van der Waals surface area contributed by atoms with Crippen LogP contribution in [-0.2, 0) is 5.60 Å². The molecule has 1 aliphatic heterocycles. The van der Waals surface area contributed by atoms with Crippen molar-refractivity contribution in [1.82, 2.24) is 4.90 Å². The monoisotopic (exact) mass is 388 g/mol. The Hall–Kier alpha value is -2.82. The first kappa shape index (κ1) is 19.5. The molecular weight excluding hydrogens is 360 g/mol. The Kier molecular flexibility index (Phi) is 5.31. The van der Waals surface area contributed by atoms with Crippen molar-refractivity contribution >= 4 is 11.4 Å². The maximum absolute atomic E-state index is 12.1. The number of ether oxygens (including phenoxy) is 1. The summed E-state index contributed by atoms with van der Waals surface area (Å²) >= 11 is 0. The molecule has 1 aliphatic rings. The van der Waals surface area contributed by atoms with E-state index in [1.54, 1.807) is 0 Å². The second-order valence-electron chi connectivity index (χ2n) is 7.67. The molecule has 0 bridgehead atoms. The third-order valence-electron chi connectivity index (χ3n) is 5.55. The van der Waals surface area contributed by atoms with E-state index in [1.165, 1.54) is 0 Å². The Bertz CT molecular complexity index is 987. The van der Waals surface area contributed by atoms with E-state index in [4.69, 9.17) is 4.74 Å². The zero-order valence-corrected chi connectivity index (χ0v) is 17.3. The minimum absolute atomic E-state index is 0.622. The molecule has 1 heterocycles. The maximum Gasteiger partial charge on any atom is 0.144 e. The Morgan fingerprint density at radius 3 is 2.31 bits per heavy atom. The van der Waals surface area contributed by atoms with Gasteiger partial charge >= 0.3 is 0 Å². The van der Waals surface area contributed by atoms with Crippen molar-refractivity contribution in [2.75, 3.05) is 38.7 Å².